The summed E-state index contributed by atoms with van der Waals surface area (Å²) in [5.41, 5.74) is 2.07. The zero-order chi connectivity index (χ0) is 23.2. The number of nitrogens with one attached hydrogen (secondary N) is 1. The number of aryl methyl sites for hydroxylation is 1. The highest BCUT2D eigenvalue weighted by Crippen LogP contribution is 2.17. The normalized spacial score (nSPS) is 10.6. The molecule has 1 N–H and O–H groups in total. The maximum Gasteiger partial charge on any atom is 0.358 e. The van der Waals surface area contributed by atoms with Gasteiger partial charge in [-0.05, 0) is 61.5 Å². The Balaban J connectivity index is 1.34. The minimum atomic E-state index is -0.471. The number of aromatic nitrogens is 4. The van der Waals surface area contributed by atoms with E-state index in [1.54, 1.807) is 79.3 Å². The molecule has 0 unspecified atom stereocenters. The number of anilines is 1. The van der Waals surface area contributed by atoms with Crippen LogP contribution >= 0.6 is 0 Å². The number of ether oxygens (including phenoxy) is 2. The largest absolute Gasteiger partial charge is 0.485 e. The van der Waals surface area contributed by atoms with Crippen LogP contribution in [0.5, 0.6) is 5.75 Å². The number of carbonyl (C=O) groups is 2. The highest BCUT2D eigenvalue weighted by molar-refractivity contribution is 6.04. The van der Waals surface area contributed by atoms with Gasteiger partial charge in [-0.2, -0.15) is 10.1 Å². The second kappa shape index (κ2) is 9.77. The molecular weight excluding hydrogens is 426 g/mol. The summed E-state index contributed by atoms with van der Waals surface area (Å²) in [6, 6.07) is 15.4. The second-order valence-corrected chi connectivity index (χ2v) is 6.91. The van der Waals surface area contributed by atoms with Gasteiger partial charge in [0.25, 0.3) is 5.91 Å². The van der Waals surface area contributed by atoms with Crippen LogP contribution in [0.1, 0.15) is 39.5 Å². The molecule has 0 saturated carbocycles. The molecule has 10 nitrogen and oxygen atoms in total. The van der Waals surface area contributed by atoms with Gasteiger partial charge >= 0.3 is 5.97 Å². The van der Waals surface area contributed by atoms with Gasteiger partial charge in [0, 0.05) is 24.4 Å². The molecule has 10 heteroatoms. The molecular formula is C23H21N5O5. The van der Waals surface area contributed by atoms with E-state index in [1.165, 1.54) is 0 Å². The average molecular weight is 447 g/mol. The first-order valence-electron chi connectivity index (χ1n) is 10.2. The number of esters is 1. The summed E-state index contributed by atoms with van der Waals surface area (Å²) in [5.74, 6) is 0.776. The van der Waals surface area contributed by atoms with E-state index < -0.39 is 5.97 Å². The van der Waals surface area contributed by atoms with E-state index in [0.29, 0.717) is 28.7 Å². The molecule has 2 heterocycles. The minimum Gasteiger partial charge on any atom is -0.485 e. The van der Waals surface area contributed by atoms with Gasteiger partial charge in [-0.1, -0.05) is 5.16 Å². The summed E-state index contributed by atoms with van der Waals surface area (Å²) in [6.07, 6.45) is 1.67. The smallest absolute Gasteiger partial charge is 0.358 e. The number of benzene rings is 2. The van der Waals surface area contributed by atoms with Crippen LogP contribution < -0.4 is 10.1 Å². The van der Waals surface area contributed by atoms with Gasteiger partial charge in [0.1, 0.15) is 5.75 Å². The van der Waals surface area contributed by atoms with Crippen molar-refractivity contribution >= 4 is 17.6 Å². The van der Waals surface area contributed by atoms with Gasteiger partial charge in [0.05, 0.1) is 12.3 Å². The van der Waals surface area contributed by atoms with Crippen molar-refractivity contribution < 1.29 is 23.6 Å². The molecule has 0 saturated heterocycles. The number of carbonyl (C=O) groups excluding carboxylic acids is 2. The van der Waals surface area contributed by atoms with E-state index in [9.17, 15) is 9.59 Å². The lowest BCUT2D eigenvalue weighted by Crippen LogP contribution is -2.12. The maximum atomic E-state index is 12.5. The zero-order valence-corrected chi connectivity index (χ0v) is 18.0. The molecule has 2 aromatic carbocycles. The highest BCUT2D eigenvalue weighted by atomic mass is 16.5. The van der Waals surface area contributed by atoms with E-state index in [4.69, 9.17) is 14.0 Å². The molecule has 0 aliphatic heterocycles. The summed E-state index contributed by atoms with van der Waals surface area (Å²) in [4.78, 5) is 28.4. The molecule has 2 aromatic heterocycles. The van der Waals surface area contributed by atoms with Gasteiger partial charge in [-0.15, -0.1) is 0 Å². The Morgan fingerprint density at radius 1 is 1.06 bits per heavy atom. The first-order chi connectivity index (χ1) is 16.0. The minimum absolute atomic E-state index is 0.173. The van der Waals surface area contributed by atoms with E-state index in [1.807, 2.05) is 0 Å². The standard InChI is InChI=1S/C23H21N5O5/c1-3-31-23(30)20-12-13-28(26-20)18-8-6-17(7-9-18)25-22(29)16-4-10-19(11-5-16)32-14-21-24-15(2)33-27-21/h4-13H,3,14H2,1-2H3,(H,25,29). The van der Waals surface area contributed by atoms with Crippen LogP contribution in [0.15, 0.2) is 65.3 Å². The van der Waals surface area contributed by atoms with Crippen molar-refractivity contribution in [3.8, 4) is 11.4 Å². The average Bonchev–Trinajstić information content (AvgIpc) is 3.48. The Kier molecular flexibility index (Phi) is 6.44. The fourth-order valence-corrected chi connectivity index (χ4v) is 2.93. The molecule has 0 radical (unpaired) electrons. The summed E-state index contributed by atoms with van der Waals surface area (Å²) in [5, 5.41) is 10.8. The number of hydrogen-bond donors (Lipinski definition) is 1. The third-order valence-electron chi connectivity index (χ3n) is 4.52. The van der Waals surface area contributed by atoms with E-state index >= 15 is 0 Å². The van der Waals surface area contributed by atoms with Crippen molar-refractivity contribution in [1.29, 1.82) is 0 Å². The molecule has 4 rings (SSSR count). The Hall–Kier alpha value is -4.47. The van der Waals surface area contributed by atoms with E-state index in [-0.39, 0.29) is 24.8 Å². The Bertz CT molecular complexity index is 1250. The van der Waals surface area contributed by atoms with Crippen LogP contribution in [-0.4, -0.2) is 38.4 Å². The lowest BCUT2D eigenvalue weighted by atomic mass is 10.2. The fraction of sp³-hybridized carbons (Fsp3) is 0.174. The first kappa shape index (κ1) is 21.8. The summed E-state index contributed by atoms with van der Waals surface area (Å²) in [7, 11) is 0. The lowest BCUT2D eigenvalue weighted by Gasteiger charge is -2.08. The quantitative estimate of drug-likeness (QED) is 0.407. The van der Waals surface area contributed by atoms with Gasteiger partial charge in [-0.3, -0.25) is 4.79 Å². The van der Waals surface area contributed by atoms with Gasteiger partial charge in [0.2, 0.25) is 11.7 Å². The topological polar surface area (TPSA) is 121 Å². The second-order valence-electron chi connectivity index (χ2n) is 6.91. The molecule has 0 bridgehead atoms. The molecule has 0 spiro atoms. The molecule has 0 aliphatic rings. The van der Waals surface area contributed by atoms with E-state index in [0.717, 1.165) is 5.69 Å². The van der Waals surface area contributed by atoms with Crippen LogP contribution in [0.25, 0.3) is 5.69 Å². The van der Waals surface area contributed by atoms with Crippen molar-refractivity contribution in [2.45, 2.75) is 20.5 Å². The highest BCUT2D eigenvalue weighted by Gasteiger charge is 2.11. The third-order valence-corrected chi connectivity index (χ3v) is 4.52. The third kappa shape index (κ3) is 5.42. The van der Waals surface area contributed by atoms with Crippen molar-refractivity contribution in [2.75, 3.05) is 11.9 Å². The van der Waals surface area contributed by atoms with Gasteiger partial charge in [0.15, 0.2) is 12.3 Å². The van der Waals surface area contributed by atoms with Crippen molar-refractivity contribution in [3.05, 3.63) is 83.8 Å². The number of amides is 1. The maximum absolute atomic E-state index is 12.5. The summed E-state index contributed by atoms with van der Waals surface area (Å²) in [6.45, 7) is 3.91. The first-order valence-corrected chi connectivity index (χ1v) is 10.2. The van der Waals surface area contributed by atoms with Gasteiger partial charge in [-0.25, -0.2) is 9.48 Å². The van der Waals surface area contributed by atoms with Crippen molar-refractivity contribution in [2.24, 2.45) is 0 Å². The van der Waals surface area contributed by atoms with Crippen LogP contribution in [-0.2, 0) is 11.3 Å². The SMILES string of the molecule is CCOC(=O)c1ccn(-c2ccc(NC(=O)c3ccc(OCc4noc(C)n4)cc3)cc2)n1. The van der Waals surface area contributed by atoms with Crippen molar-refractivity contribution in [3.63, 3.8) is 0 Å². The van der Waals surface area contributed by atoms with Crippen LogP contribution in [0.2, 0.25) is 0 Å². The molecule has 0 atom stereocenters. The number of rotatable bonds is 8. The Labute approximate surface area is 189 Å². The van der Waals surface area contributed by atoms with Crippen LogP contribution in [0.3, 0.4) is 0 Å². The number of hydrogen-bond acceptors (Lipinski definition) is 8. The fourth-order valence-electron chi connectivity index (χ4n) is 2.93. The predicted octanol–water partition coefficient (Wildman–Crippen LogP) is 3.57. The summed E-state index contributed by atoms with van der Waals surface area (Å²) < 4.78 is 17.0. The molecule has 168 valence electrons. The van der Waals surface area contributed by atoms with Crippen LogP contribution in [0, 0.1) is 6.92 Å². The van der Waals surface area contributed by atoms with Gasteiger partial charge < -0.3 is 19.3 Å². The molecule has 0 fully saturated rings. The molecule has 4 aromatic rings. The van der Waals surface area contributed by atoms with Crippen molar-refractivity contribution in [1.82, 2.24) is 19.9 Å². The number of nitrogens with zero attached hydrogens (tertiary/aromatic N) is 4. The zero-order valence-electron chi connectivity index (χ0n) is 18.0. The lowest BCUT2D eigenvalue weighted by molar-refractivity contribution is 0.0519. The predicted molar refractivity (Wildman–Crippen MR) is 117 cm³/mol. The van der Waals surface area contributed by atoms with E-state index in [2.05, 4.69) is 20.6 Å². The Morgan fingerprint density at radius 3 is 2.48 bits per heavy atom. The molecule has 0 aliphatic carbocycles. The monoisotopic (exact) mass is 447 g/mol. The molecule has 33 heavy (non-hydrogen) atoms. The van der Waals surface area contributed by atoms with Crippen LogP contribution in [0.4, 0.5) is 5.69 Å². The summed E-state index contributed by atoms with van der Waals surface area (Å²) >= 11 is 0. The molecule has 1 amide bonds. The Morgan fingerprint density at radius 2 is 1.82 bits per heavy atom.